The minimum Gasteiger partial charge on any atom is -0.395 e. The number of carbonyl (C=O) groups excluding carboxylic acids is 2. The standard InChI is InChI=1S/C36H44N6O6/c1-25-29(5-3-7-31(25)39-35(47)33-11-9-27(21-37-33)23-41(13-17-43)14-18-44)30-6-4-8-32(26(30)2)40-36(48)34-12-10-28(22-38-34)24-42(15-19-45)16-20-46/h3-12,21-22,43-46H,13-20,23-24H2,1-2H3,(H,39,47)(H,40,48). The highest BCUT2D eigenvalue weighted by atomic mass is 16.3. The largest absolute Gasteiger partial charge is 0.395 e. The molecule has 2 heterocycles. The topological polar surface area (TPSA) is 171 Å². The van der Waals surface area contributed by atoms with E-state index in [1.165, 1.54) is 0 Å². The molecule has 2 aromatic carbocycles. The Hall–Kier alpha value is -4.56. The third kappa shape index (κ3) is 9.73. The van der Waals surface area contributed by atoms with Gasteiger partial charge in [0.1, 0.15) is 11.4 Å². The van der Waals surface area contributed by atoms with Crippen LogP contribution in [0.4, 0.5) is 11.4 Å². The van der Waals surface area contributed by atoms with E-state index in [2.05, 4.69) is 20.6 Å². The maximum Gasteiger partial charge on any atom is 0.274 e. The highest BCUT2D eigenvalue weighted by Crippen LogP contribution is 2.34. The van der Waals surface area contributed by atoms with E-state index < -0.39 is 0 Å². The van der Waals surface area contributed by atoms with Crippen LogP contribution in [0.5, 0.6) is 0 Å². The number of aliphatic hydroxyl groups is 4. The molecule has 12 nitrogen and oxygen atoms in total. The van der Waals surface area contributed by atoms with Gasteiger partial charge >= 0.3 is 0 Å². The van der Waals surface area contributed by atoms with Crippen molar-refractivity contribution in [2.45, 2.75) is 26.9 Å². The minimum atomic E-state index is -0.352. The first-order valence-electron chi connectivity index (χ1n) is 15.9. The van der Waals surface area contributed by atoms with Gasteiger partial charge < -0.3 is 31.1 Å². The molecule has 0 aliphatic heterocycles. The molecular weight excluding hydrogens is 612 g/mol. The lowest BCUT2D eigenvalue weighted by Crippen LogP contribution is -2.29. The van der Waals surface area contributed by atoms with Gasteiger partial charge in [-0.1, -0.05) is 36.4 Å². The van der Waals surface area contributed by atoms with Crippen LogP contribution in [-0.2, 0) is 13.1 Å². The van der Waals surface area contributed by atoms with Gasteiger partial charge in [-0.3, -0.25) is 29.4 Å². The lowest BCUT2D eigenvalue weighted by molar-refractivity contribution is 0.101. The molecule has 2 aromatic heterocycles. The summed E-state index contributed by atoms with van der Waals surface area (Å²) in [6.07, 6.45) is 3.25. The lowest BCUT2D eigenvalue weighted by Gasteiger charge is -2.20. The number of rotatable bonds is 17. The summed E-state index contributed by atoms with van der Waals surface area (Å²) in [5, 5.41) is 42.9. The summed E-state index contributed by atoms with van der Waals surface area (Å²) >= 11 is 0. The van der Waals surface area contributed by atoms with Crippen LogP contribution >= 0.6 is 0 Å². The average molecular weight is 657 g/mol. The third-order valence-corrected chi connectivity index (χ3v) is 8.05. The second kappa shape index (κ2) is 18.1. The number of nitrogens with one attached hydrogen (secondary N) is 2. The monoisotopic (exact) mass is 656 g/mol. The SMILES string of the molecule is Cc1c(NC(=O)c2ccc(CN(CCO)CCO)cn2)cccc1-c1cccc(NC(=O)c2ccc(CN(CCO)CCO)cn2)c1C. The Morgan fingerprint density at radius 1 is 0.583 bits per heavy atom. The zero-order chi connectivity index (χ0) is 34.5. The molecule has 0 unspecified atom stereocenters. The average Bonchev–Trinajstić information content (AvgIpc) is 3.08. The molecule has 0 radical (unpaired) electrons. The van der Waals surface area contributed by atoms with E-state index in [1.54, 1.807) is 24.5 Å². The van der Waals surface area contributed by atoms with Gasteiger partial charge in [0.05, 0.1) is 26.4 Å². The molecule has 0 aliphatic rings. The quantitative estimate of drug-likeness (QED) is 0.0993. The Kier molecular flexibility index (Phi) is 13.7. The first-order chi connectivity index (χ1) is 23.3. The molecule has 6 N–H and O–H groups in total. The summed E-state index contributed by atoms with van der Waals surface area (Å²) in [7, 11) is 0. The van der Waals surface area contributed by atoms with Crippen molar-refractivity contribution in [1.29, 1.82) is 0 Å². The smallest absolute Gasteiger partial charge is 0.274 e. The third-order valence-electron chi connectivity index (χ3n) is 8.05. The second-order valence-corrected chi connectivity index (χ2v) is 11.4. The van der Waals surface area contributed by atoms with E-state index in [9.17, 15) is 30.0 Å². The van der Waals surface area contributed by atoms with E-state index in [4.69, 9.17) is 0 Å². The molecule has 12 heteroatoms. The molecule has 48 heavy (non-hydrogen) atoms. The van der Waals surface area contributed by atoms with Crippen molar-refractivity contribution in [2.75, 3.05) is 63.2 Å². The van der Waals surface area contributed by atoms with E-state index in [0.29, 0.717) is 50.6 Å². The van der Waals surface area contributed by atoms with E-state index in [1.807, 2.05) is 72.2 Å². The van der Waals surface area contributed by atoms with Crippen molar-refractivity contribution in [2.24, 2.45) is 0 Å². The van der Waals surface area contributed by atoms with E-state index in [0.717, 1.165) is 33.4 Å². The number of hydrogen-bond donors (Lipinski definition) is 6. The van der Waals surface area contributed by atoms with Crippen LogP contribution in [0.15, 0.2) is 73.1 Å². The first-order valence-corrected chi connectivity index (χ1v) is 15.9. The summed E-state index contributed by atoms with van der Waals surface area (Å²) in [5.41, 5.74) is 7.02. The molecule has 2 amide bonds. The number of anilines is 2. The molecule has 0 fully saturated rings. The predicted octanol–water partition coefficient (Wildman–Crippen LogP) is 2.84. The lowest BCUT2D eigenvalue weighted by atomic mass is 9.94. The number of benzene rings is 2. The van der Waals surface area contributed by atoms with Crippen LogP contribution in [0.1, 0.15) is 43.2 Å². The minimum absolute atomic E-state index is 0.0165. The number of aromatic nitrogens is 2. The van der Waals surface area contributed by atoms with Crippen molar-refractivity contribution >= 4 is 23.2 Å². The van der Waals surface area contributed by atoms with Crippen molar-refractivity contribution in [3.8, 4) is 11.1 Å². The summed E-state index contributed by atoms with van der Waals surface area (Å²) in [4.78, 5) is 38.8. The highest BCUT2D eigenvalue weighted by Gasteiger charge is 2.16. The molecule has 0 saturated heterocycles. The fourth-order valence-corrected chi connectivity index (χ4v) is 5.42. The zero-order valence-corrected chi connectivity index (χ0v) is 27.4. The normalized spacial score (nSPS) is 11.2. The summed E-state index contributed by atoms with van der Waals surface area (Å²) in [6, 6.07) is 18.3. The highest BCUT2D eigenvalue weighted by molar-refractivity contribution is 6.05. The molecule has 0 aliphatic carbocycles. The van der Waals surface area contributed by atoms with Crippen LogP contribution < -0.4 is 10.6 Å². The molecule has 254 valence electrons. The van der Waals surface area contributed by atoms with Crippen LogP contribution in [0.25, 0.3) is 11.1 Å². The van der Waals surface area contributed by atoms with Crippen LogP contribution in [0.3, 0.4) is 0 Å². The fourth-order valence-electron chi connectivity index (χ4n) is 5.42. The summed E-state index contributed by atoms with van der Waals surface area (Å²) < 4.78 is 0. The van der Waals surface area contributed by atoms with E-state index >= 15 is 0 Å². The number of nitrogens with zero attached hydrogens (tertiary/aromatic N) is 4. The first kappa shape index (κ1) is 36.3. The van der Waals surface area contributed by atoms with Gasteiger partial charge in [0.25, 0.3) is 11.8 Å². The molecule has 0 saturated carbocycles. The van der Waals surface area contributed by atoms with Crippen LogP contribution in [0, 0.1) is 13.8 Å². The van der Waals surface area contributed by atoms with E-state index in [-0.39, 0.29) is 49.6 Å². The van der Waals surface area contributed by atoms with Gasteiger partial charge in [0.15, 0.2) is 0 Å². The fraction of sp³-hybridized carbons (Fsp3) is 0.333. The van der Waals surface area contributed by atoms with Crippen molar-refractivity contribution in [3.05, 3.63) is 107 Å². The van der Waals surface area contributed by atoms with Gasteiger partial charge in [-0.2, -0.15) is 0 Å². The summed E-state index contributed by atoms with van der Waals surface area (Å²) in [6.45, 7) is 6.49. The summed E-state index contributed by atoms with van der Waals surface area (Å²) in [5.74, 6) is -0.703. The van der Waals surface area contributed by atoms with Crippen LogP contribution in [0.2, 0.25) is 0 Å². The van der Waals surface area contributed by atoms with Crippen molar-refractivity contribution in [3.63, 3.8) is 0 Å². The number of hydrogen-bond acceptors (Lipinski definition) is 10. The van der Waals surface area contributed by atoms with Gasteiger partial charge in [-0.15, -0.1) is 0 Å². The van der Waals surface area contributed by atoms with Crippen molar-refractivity contribution in [1.82, 2.24) is 19.8 Å². The number of carbonyl (C=O) groups is 2. The molecule has 0 spiro atoms. The van der Waals surface area contributed by atoms with Gasteiger partial charge in [-0.25, -0.2) is 0 Å². The number of aliphatic hydroxyl groups excluding tert-OH is 4. The molecule has 4 rings (SSSR count). The van der Waals surface area contributed by atoms with Crippen molar-refractivity contribution < 1.29 is 30.0 Å². The Bertz CT molecular complexity index is 1510. The van der Waals surface area contributed by atoms with Gasteiger partial charge in [-0.05, 0) is 71.5 Å². The van der Waals surface area contributed by atoms with Gasteiger partial charge in [0, 0.05) is 63.0 Å². The molecule has 0 bridgehead atoms. The Morgan fingerprint density at radius 3 is 1.27 bits per heavy atom. The molecule has 0 atom stereocenters. The number of pyridine rings is 2. The number of amides is 2. The Labute approximate surface area is 280 Å². The molecule has 4 aromatic rings. The van der Waals surface area contributed by atoms with Crippen LogP contribution in [-0.4, -0.2) is 105 Å². The second-order valence-electron chi connectivity index (χ2n) is 11.4. The maximum atomic E-state index is 13.1. The Morgan fingerprint density at radius 2 is 0.958 bits per heavy atom. The maximum absolute atomic E-state index is 13.1. The van der Waals surface area contributed by atoms with Gasteiger partial charge in [0.2, 0.25) is 0 Å². The Balaban J connectivity index is 1.45. The predicted molar refractivity (Wildman–Crippen MR) is 185 cm³/mol. The molecular formula is C36H44N6O6. The zero-order valence-electron chi connectivity index (χ0n) is 27.4.